The summed E-state index contributed by atoms with van der Waals surface area (Å²) in [4.78, 5) is 80.1. The molecule has 0 aliphatic rings. The molecule has 16 heteroatoms. The summed E-state index contributed by atoms with van der Waals surface area (Å²) < 4.78 is 5.31. The molecular formula is C49H79N7O9. The molecule has 2 aromatic carbocycles. The summed E-state index contributed by atoms with van der Waals surface area (Å²) in [7, 11) is 0. The number of benzene rings is 2. The zero-order valence-electron chi connectivity index (χ0n) is 40.8. The number of amidine groups is 1. The van der Waals surface area contributed by atoms with E-state index in [1.807, 2.05) is 45.9 Å². The van der Waals surface area contributed by atoms with Gasteiger partial charge in [-0.25, -0.2) is 14.4 Å². The molecule has 0 saturated carbocycles. The molecule has 0 bridgehead atoms. The number of unbranched alkanes of at least 4 members (excludes halogenated alkanes) is 6. The Morgan fingerprint density at radius 2 is 1.31 bits per heavy atom. The highest BCUT2D eigenvalue weighted by Gasteiger charge is 2.33. The van der Waals surface area contributed by atoms with Gasteiger partial charge in [-0.15, -0.1) is 0 Å². The van der Waals surface area contributed by atoms with Gasteiger partial charge >= 0.3 is 18.3 Å². The first-order valence-electron chi connectivity index (χ1n) is 23.1. The van der Waals surface area contributed by atoms with Gasteiger partial charge in [0.25, 0.3) is 0 Å². The Labute approximate surface area is 387 Å². The van der Waals surface area contributed by atoms with Crippen LogP contribution in [0.15, 0.2) is 59.6 Å². The average molecular weight is 910 g/mol. The van der Waals surface area contributed by atoms with E-state index < -0.39 is 29.3 Å². The molecule has 5 amide bonds. The van der Waals surface area contributed by atoms with Crippen molar-refractivity contribution < 1.29 is 43.6 Å². The van der Waals surface area contributed by atoms with Crippen molar-refractivity contribution >= 4 is 41.6 Å². The number of amides is 5. The van der Waals surface area contributed by atoms with Crippen LogP contribution in [0.25, 0.3) is 0 Å². The van der Waals surface area contributed by atoms with Crippen LogP contribution >= 0.6 is 0 Å². The van der Waals surface area contributed by atoms with Crippen LogP contribution in [0.4, 0.5) is 20.1 Å². The first kappa shape index (κ1) is 55.9. The molecule has 1 atom stereocenters. The van der Waals surface area contributed by atoms with E-state index in [1.165, 1.54) is 5.56 Å². The number of nitrogens with zero attached hydrogens (tertiary/aromatic N) is 3. The monoisotopic (exact) mass is 910 g/mol. The van der Waals surface area contributed by atoms with Crippen LogP contribution in [0.1, 0.15) is 145 Å². The van der Waals surface area contributed by atoms with Crippen LogP contribution < -0.4 is 21.3 Å². The predicted octanol–water partition coefficient (Wildman–Crippen LogP) is 9.44. The molecule has 0 aromatic heterocycles. The highest BCUT2D eigenvalue weighted by atomic mass is 17.2. The SMILES string of the molecule is CC(CCN(CCCCNC(=O)CC(=O)NCCCCCCCCN(C(=NC(=O)OOCc1cccc(NC(=O)OC(C)(C)C)c1)C(C)(C)C)C(C)(C)C)Cc1ccccc1)NC(=O)O. The molecule has 0 saturated heterocycles. The fourth-order valence-electron chi connectivity index (χ4n) is 6.86. The van der Waals surface area contributed by atoms with Crippen LogP contribution in [-0.4, -0.2) is 101 Å². The Bertz CT molecular complexity index is 1790. The van der Waals surface area contributed by atoms with Crippen LogP contribution in [0.5, 0.6) is 0 Å². The summed E-state index contributed by atoms with van der Waals surface area (Å²) in [5.41, 5.74) is 0.962. The number of aliphatic imine (C=N–C) groups is 1. The van der Waals surface area contributed by atoms with Crippen LogP contribution in [0, 0.1) is 5.41 Å². The predicted molar refractivity (Wildman–Crippen MR) is 255 cm³/mol. The van der Waals surface area contributed by atoms with Crippen LogP contribution in [-0.2, 0) is 37.3 Å². The molecule has 0 aliphatic heterocycles. The number of anilines is 1. The number of hydrogen-bond acceptors (Lipinski definition) is 9. The minimum atomic E-state index is -1.02. The van der Waals surface area contributed by atoms with Gasteiger partial charge in [0.15, 0.2) is 0 Å². The Hall–Kier alpha value is -5.22. The lowest BCUT2D eigenvalue weighted by atomic mass is 9.90. The lowest BCUT2D eigenvalue weighted by Crippen LogP contribution is -2.51. The van der Waals surface area contributed by atoms with Crippen molar-refractivity contribution in [2.24, 2.45) is 10.4 Å². The summed E-state index contributed by atoms with van der Waals surface area (Å²) in [6, 6.07) is 16.9. The molecule has 0 heterocycles. The van der Waals surface area contributed by atoms with E-state index >= 15 is 0 Å². The molecule has 65 heavy (non-hydrogen) atoms. The van der Waals surface area contributed by atoms with Crippen molar-refractivity contribution in [3.8, 4) is 0 Å². The zero-order valence-corrected chi connectivity index (χ0v) is 40.8. The van der Waals surface area contributed by atoms with Gasteiger partial charge in [-0.1, -0.05) is 88.9 Å². The van der Waals surface area contributed by atoms with Gasteiger partial charge in [0.2, 0.25) is 11.8 Å². The summed E-state index contributed by atoms with van der Waals surface area (Å²) in [5.74, 6) is 0.0260. The maximum Gasteiger partial charge on any atom is 0.466 e. The highest BCUT2D eigenvalue weighted by Crippen LogP contribution is 2.27. The summed E-state index contributed by atoms with van der Waals surface area (Å²) in [6.45, 7) is 23.5. The second kappa shape index (κ2) is 28.6. The first-order valence-corrected chi connectivity index (χ1v) is 23.1. The number of hydrogen-bond donors (Lipinski definition) is 5. The molecular weight excluding hydrogens is 831 g/mol. The molecule has 364 valence electrons. The Balaban J connectivity index is 1.68. The van der Waals surface area contributed by atoms with E-state index in [9.17, 15) is 24.0 Å². The van der Waals surface area contributed by atoms with E-state index in [0.29, 0.717) is 43.1 Å². The Morgan fingerprint density at radius 1 is 0.723 bits per heavy atom. The molecule has 0 aliphatic carbocycles. The van der Waals surface area contributed by atoms with Crippen LogP contribution in [0.2, 0.25) is 0 Å². The van der Waals surface area contributed by atoms with Gasteiger partial charge in [-0.05, 0) is 110 Å². The van der Waals surface area contributed by atoms with Gasteiger partial charge in [-0.3, -0.25) is 24.7 Å². The highest BCUT2D eigenvalue weighted by molar-refractivity contribution is 5.97. The summed E-state index contributed by atoms with van der Waals surface area (Å²) in [6.07, 6.45) is 5.35. The number of rotatable bonds is 26. The first-order chi connectivity index (χ1) is 30.5. The number of carboxylic acid groups (broad SMARTS) is 1. The van der Waals surface area contributed by atoms with E-state index in [1.54, 1.807) is 45.0 Å². The lowest BCUT2D eigenvalue weighted by molar-refractivity contribution is -0.246. The van der Waals surface area contributed by atoms with Gasteiger partial charge < -0.3 is 30.7 Å². The van der Waals surface area contributed by atoms with Gasteiger partial charge in [-0.2, -0.15) is 9.88 Å². The maximum absolute atomic E-state index is 12.9. The zero-order chi connectivity index (χ0) is 48.5. The quantitative estimate of drug-likeness (QED) is 0.0150. The molecule has 2 rings (SSSR count). The fourth-order valence-corrected chi connectivity index (χ4v) is 6.86. The van der Waals surface area contributed by atoms with Gasteiger partial charge in [0.05, 0.1) is 0 Å². The molecule has 16 nitrogen and oxygen atoms in total. The van der Waals surface area contributed by atoms with E-state index in [4.69, 9.17) is 19.6 Å². The maximum atomic E-state index is 12.9. The Kier molecular flexibility index (Phi) is 24.6. The molecule has 1 unspecified atom stereocenters. The second-order valence-corrected chi connectivity index (χ2v) is 19.6. The number of carbonyl (C=O) groups excluding carboxylic acids is 4. The second-order valence-electron chi connectivity index (χ2n) is 19.6. The molecule has 0 radical (unpaired) electrons. The summed E-state index contributed by atoms with van der Waals surface area (Å²) in [5, 5.41) is 19.9. The largest absolute Gasteiger partial charge is 0.466 e. The molecule has 2 aromatic rings. The van der Waals surface area contributed by atoms with E-state index in [0.717, 1.165) is 71.0 Å². The standard InChI is InChI=1S/C49H79N7O9/c1-37(52-44(59)60)27-32-55(35-38-23-16-15-17-24-38)30-21-19-29-51-42(58)34-41(57)50-28-18-13-11-12-14-20-31-56(48(5,6)7)43(47(2,3)4)54-46(62)65-63-36-39-25-22-26-40(33-39)53-45(61)64-49(8,9)10/h15-17,22-26,33,37,52H,11-14,18-21,27-32,34-36H2,1-10H3,(H,50,57)(H,51,58)(H,53,61)(H,59,60). The minimum absolute atomic E-state index is 0.0415. The molecule has 5 N–H and O–H groups in total. The van der Waals surface area contributed by atoms with Gasteiger partial charge in [0.1, 0.15) is 24.5 Å². The normalized spacial score (nSPS) is 12.6. The fraction of sp³-hybridized carbons (Fsp3) is 0.633. The number of nitrogens with one attached hydrogen (secondary N) is 4. The van der Waals surface area contributed by atoms with Crippen LogP contribution in [0.3, 0.4) is 0 Å². The van der Waals surface area contributed by atoms with Crippen molar-refractivity contribution in [2.75, 3.05) is 38.0 Å². The summed E-state index contributed by atoms with van der Waals surface area (Å²) >= 11 is 0. The molecule has 0 fully saturated rings. The smallest absolute Gasteiger partial charge is 0.465 e. The van der Waals surface area contributed by atoms with Gasteiger partial charge in [0, 0.05) is 55.4 Å². The minimum Gasteiger partial charge on any atom is -0.465 e. The van der Waals surface area contributed by atoms with E-state index in [2.05, 4.69) is 69.0 Å². The third kappa shape index (κ3) is 26.4. The van der Waals surface area contributed by atoms with Crippen molar-refractivity contribution in [1.29, 1.82) is 0 Å². The number of ether oxygens (including phenoxy) is 1. The van der Waals surface area contributed by atoms with Crippen molar-refractivity contribution in [3.05, 3.63) is 65.7 Å². The van der Waals surface area contributed by atoms with Crippen molar-refractivity contribution in [2.45, 2.75) is 164 Å². The van der Waals surface area contributed by atoms with Crippen molar-refractivity contribution in [3.63, 3.8) is 0 Å². The Morgan fingerprint density at radius 3 is 1.91 bits per heavy atom. The topological polar surface area (TPSA) is 200 Å². The lowest BCUT2D eigenvalue weighted by Gasteiger charge is -2.42. The van der Waals surface area contributed by atoms with Crippen molar-refractivity contribution in [1.82, 2.24) is 25.8 Å². The average Bonchev–Trinajstić information content (AvgIpc) is 3.18. The molecule has 0 spiro atoms. The third-order valence-electron chi connectivity index (χ3n) is 10.0. The number of carbonyl (C=O) groups is 5. The van der Waals surface area contributed by atoms with E-state index in [-0.39, 0.29) is 36.4 Å². The third-order valence-corrected chi connectivity index (χ3v) is 10.0.